The normalized spacial score (nSPS) is 25.6. The van der Waals surface area contributed by atoms with Crippen LogP contribution in [0.1, 0.15) is 52.4 Å². The third-order valence-electron chi connectivity index (χ3n) is 3.55. The van der Waals surface area contributed by atoms with Crippen molar-refractivity contribution in [2.24, 2.45) is 17.0 Å². The Morgan fingerprint density at radius 1 is 1.29 bits per heavy atom. The Morgan fingerprint density at radius 2 is 1.88 bits per heavy atom. The monoisotopic (exact) mass is 241 g/mol. The number of nitrogens with zero attached hydrogens (tertiary/aromatic N) is 1. The molecule has 0 spiro atoms. The Morgan fingerprint density at radius 3 is 2.41 bits per heavy atom. The van der Waals surface area contributed by atoms with E-state index < -0.39 is 0 Å². The molecule has 4 nitrogen and oxygen atoms in total. The number of hydrogen-bond acceptors (Lipinski definition) is 4. The van der Waals surface area contributed by atoms with Gasteiger partial charge in [-0.1, -0.05) is 18.5 Å². The molecule has 1 N–H and O–H groups in total. The van der Waals surface area contributed by atoms with Crippen LogP contribution in [0.5, 0.6) is 0 Å². The number of unbranched alkanes of at least 4 members (excludes halogenated alkanes) is 1. The van der Waals surface area contributed by atoms with E-state index in [-0.39, 0.29) is 11.9 Å². The van der Waals surface area contributed by atoms with Crippen LogP contribution in [0.3, 0.4) is 0 Å². The lowest BCUT2D eigenvalue weighted by atomic mass is 9.80. The van der Waals surface area contributed by atoms with E-state index in [1.165, 1.54) is 0 Å². The van der Waals surface area contributed by atoms with Crippen molar-refractivity contribution in [3.8, 4) is 0 Å². The third kappa shape index (κ3) is 4.36. The van der Waals surface area contributed by atoms with Crippen LogP contribution in [0.25, 0.3) is 0 Å². The Bertz CT molecular complexity index is 268. The van der Waals surface area contributed by atoms with Crippen LogP contribution in [-0.2, 0) is 9.53 Å². The first-order valence-corrected chi connectivity index (χ1v) is 6.54. The zero-order valence-electron chi connectivity index (χ0n) is 10.8. The lowest BCUT2D eigenvalue weighted by molar-refractivity contribution is -0.149. The lowest BCUT2D eigenvalue weighted by Crippen LogP contribution is -2.26. The van der Waals surface area contributed by atoms with Gasteiger partial charge in [0.2, 0.25) is 0 Å². The van der Waals surface area contributed by atoms with E-state index in [0.717, 1.165) is 44.2 Å². The van der Waals surface area contributed by atoms with Gasteiger partial charge in [0, 0.05) is 5.92 Å². The molecule has 0 aromatic heterocycles. The predicted octanol–water partition coefficient (Wildman–Crippen LogP) is 2.99. The van der Waals surface area contributed by atoms with Crippen molar-refractivity contribution in [1.29, 1.82) is 0 Å². The molecule has 0 bridgehead atoms. The average molecular weight is 241 g/mol. The molecule has 0 aliphatic heterocycles. The first-order valence-electron chi connectivity index (χ1n) is 6.54. The Kier molecular flexibility index (Phi) is 6.01. The molecule has 1 rings (SSSR count). The summed E-state index contributed by atoms with van der Waals surface area (Å²) in [6.45, 7) is 4.47. The van der Waals surface area contributed by atoms with Gasteiger partial charge >= 0.3 is 5.97 Å². The predicted molar refractivity (Wildman–Crippen MR) is 66.2 cm³/mol. The molecule has 17 heavy (non-hydrogen) atoms. The summed E-state index contributed by atoms with van der Waals surface area (Å²) >= 11 is 0. The van der Waals surface area contributed by atoms with Crippen molar-refractivity contribution in [2.75, 3.05) is 6.61 Å². The number of ether oxygens (including phenoxy) is 1. The Hall–Kier alpha value is -1.06. The second-order valence-electron chi connectivity index (χ2n) is 4.81. The quantitative estimate of drug-likeness (QED) is 0.265. The van der Waals surface area contributed by atoms with Gasteiger partial charge in [-0.25, -0.2) is 0 Å². The third-order valence-corrected chi connectivity index (χ3v) is 3.55. The highest BCUT2D eigenvalue weighted by Gasteiger charge is 2.28. The van der Waals surface area contributed by atoms with Crippen LogP contribution in [-0.4, -0.2) is 23.5 Å². The highest BCUT2D eigenvalue weighted by Crippen LogP contribution is 2.30. The van der Waals surface area contributed by atoms with Gasteiger partial charge in [-0.2, -0.15) is 0 Å². The van der Waals surface area contributed by atoms with Gasteiger partial charge < -0.3 is 9.94 Å². The maximum absolute atomic E-state index is 11.7. The van der Waals surface area contributed by atoms with E-state index in [1.54, 1.807) is 0 Å². The zero-order chi connectivity index (χ0) is 12.7. The van der Waals surface area contributed by atoms with E-state index in [1.807, 2.05) is 6.92 Å². The summed E-state index contributed by atoms with van der Waals surface area (Å²) in [5, 5.41) is 11.9. The van der Waals surface area contributed by atoms with Crippen LogP contribution >= 0.6 is 0 Å². The van der Waals surface area contributed by atoms with Crippen molar-refractivity contribution in [1.82, 2.24) is 0 Å². The van der Waals surface area contributed by atoms with Gasteiger partial charge in [0.1, 0.15) is 0 Å². The van der Waals surface area contributed by atoms with Crippen molar-refractivity contribution in [3.63, 3.8) is 0 Å². The molecule has 0 heterocycles. The number of carbonyl (C=O) groups excluding carboxylic acids is 1. The van der Waals surface area contributed by atoms with Gasteiger partial charge in [0.25, 0.3) is 0 Å². The van der Waals surface area contributed by atoms with Crippen molar-refractivity contribution in [3.05, 3.63) is 0 Å². The minimum atomic E-state index is -0.0458. The maximum Gasteiger partial charge on any atom is 0.308 e. The van der Waals surface area contributed by atoms with Crippen LogP contribution in [0.2, 0.25) is 0 Å². The van der Waals surface area contributed by atoms with Crippen molar-refractivity contribution in [2.45, 2.75) is 52.4 Å². The number of oxime groups is 1. The molecule has 98 valence electrons. The van der Waals surface area contributed by atoms with E-state index in [2.05, 4.69) is 12.1 Å². The van der Waals surface area contributed by atoms with Crippen LogP contribution in [0, 0.1) is 11.8 Å². The standard InChI is InChI=1S/C13H23NO3/c1-3-4-9-17-13(15)12-7-5-11(6-8-12)10(2)14-16/h11-12,16H,3-9H2,1-2H3/b14-10-/t11-,12+. The van der Waals surface area contributed by atoms with E-state index in [4.69, 9.17) is 9.94 Å². The number of rotatable bonds is 5. The molecule has 0 radical (unpaired) electrons. The lowest BCUT2D eigenvalue weighted by Gasteiger charge is -2.26. The smallest absolute Gasteiger partial charge is 0.308 e. The van der Waals surface area contributed by atoms with Crippen molar-refractivity contribution < 1.29 is 14.7 Å². The van der Waals surface area contributed by atoms with Gasteiger partial charge in [0.05, 0.1) is 18.2 Å². The fourth-order valence-corrected chi connectivity index (χ4v) is 2.26. The molecule has 1 aliphatic carbocycles. The summed E-state index contributed by atoms with van der Waals surface area (Å²) in [6, 6.07) is 0. The molecule has 0 amide bonds. The zero-order valence-corrected chi connectivity index (χ0v) is 10.8. The Labute approximate surface area is 103 Å². The van der Waals surface area contributed by atoms with Gasteiger partial charge in [0.15, 0.2) is 0 Å². The molecular weight excluding hydrogens is 218 g/mol. The summed E-state index contributed by atoms with van der Waals surface area (Å²) in [5.41, 5.74) is 0.780. The van der Waals surface area contributed by atoms with Crippen LogP contribution in [0.15, 0.2) is 5.16 Å². The summed E-state index contributed by atoms with van der Waals surface area (Å²) < 4.78 is 5.23. The number of esters is 1. The average Bonchev–Trinajstić information content (AvgIpc) is 2.38. The summed E-state index contributed by atoms with van der Waals surface area (Å²) in [6.07, 6.45) is 5.53. The first-order chi connectivity index (χ1) is 8.19. The van der Waals surface area contributed by atoms with E-state index in [9.17, 15) is 4.79 Å². The molecule has 0 atom stereocenters. The molecule has 0 aromatic rings. The van der Waals surface area contributed by atoms with Gasteiger partial charge in [-0.15, -0.1) is 0 Å². The van der Waals surface area contributed by atoms with Gasteiger partial charge in [-0.3, -0.25) is 4.79 Å². The van der Waals surface area contributed by atoms with Gasteiger partial charge in [-0.05, 0) is 39.0 Å². The molecule has 0 unspecified atom stereocenters. The topological polar surface area (TPSA) is 58.9 Å². The molecule has 0 aromatic carbocycles. The minimum absolute atomic E-state index is 0.0458. The number of carbonyl (C=O) groups is 1. The highest BCUT2D eigenvalue weighted by molar-refractivity contribution is 5.84. The minimum Gasteiger partial charge on any atom is -0.465 e. The molecule has 1 aliphatic rings. The molecule has 4 heteroatoms. The fourth-order valence-electron chi connectivity index (χ4n) is 2.26. The second kappa shape index (κ2) is 7.30. The molecule has 1 fully saturated rings. The second-order valence-corrected chi connectivity index (χ2v) is 4.81. The largest absolute Gasteiger partial charge is 0.465 e. The van der Waals surface area contributed by atoms with E-state index >= 15 is 0 Å². The molecular formula is C13H23NO3. The number of hydrogen-bond donors (Lipinski definition) is 1. The first kappa shape index (κ1) is 14.0. The Balaban J connectivity index is 2.29. The maximum atomic E-state index is 11.7. The fraction of sp³-hybridized carbons (Fsp3) is 0.846. The molecule has 0 saturated heterocycles. The van der Waals surface area contributed by atoms with Crippen molar-refractivity contribution >= 4 is 11.7 Å². The van der Waals surface area contributed by atoms with Crippen LogP contribution < -0.4 is 0 Å². The highest BCUT2D eigenvalue weighted by atomic mass is 16.5. The van der Waals surface area contributed by atoms with E-state index in [0.29, 0.717) is 12.5 Å². The molecule has 1 saturated carbocycles. The SMILES string of the molecule is CCCCOC(=O)[C@H]1CC[C@@H](/C(C)=N\O)CC1. The van der Waals surface area contributed by atoms with Crippen LogP contribution in [0.4, 0.5) is 0 Å². The summed E-state index contributed by atoms with van der Waals surface area (Å²) in [5.74, 6) is 0.338. The summed E-state index contributed by atoms with van der Waals surface area (Å²) in [4.78, 5) is 11.7. The summed E-state index contributed by atoms with van der Waals surface area (Å²) in [7, 11) is 0.